The first-order chi connectivity index (χ1) is 42.4. The van der Waals surface area contributed by atoms with Crippen molar-refractivity contribution in [2.45, 2.75) is 368 Å². The Bertz CT molecular complexity index is 1720. The van der Waals surface area contributed by atoms with Crippen molar-refractivity contribution in [2.24, 2.45) is 11.8 Å². The molecule has 88 heavy (non-hydrogen) atoms. The van der Waals surface area contributed by atoms with Gasteiger partial charge in [-0.25, -0.2) is 9.13 Å². The largest absolute Gasteiger partial charge is 0.472 e. The van der Waals surface area contributed by atoms with Gasteiger partial charge in [0.05, 0.1) is 26.4 Å². The first kappa shape index (κ1) is 86.1. The maximum absolute atomic E-state index is 13.0. The van der Waals surface area contributed by atoms with Crippen LogP contribution in [-0.2, 0) is 65.4 Å². The van der Waals surface area contributed by atoms with Crippen LogP contribution in [0.25, 0.3) is 0 Å². The highest BCUT2D eigenvalue weighted by Gasteiger charge is 2.30. The van der Waals surface area contributed by atoms with E-state index in [1.165, 1.54) is 148 Å². The van der Waals surface area contributed by atoms with Crippen LogP contribution in [-0.4, -0.2) is 96.7 Å². The van der Waals surface area contributed by atoms with Crippen LogP contribution in [0.1, 0.15) is 350 Å². The number of carbonyl (C=O) groups excluding carboxylic acids is 4. The van der Waals surface area contributed by atoms with Gasteiger partial charge >= 0.3 is 39.5 Å². The number of phosphoric ester groups is 2. The molecule has 0 aliphatic rings. The van der Waals surface area contributed by atoms with Crippen LogP contribution in [0.4, 0.5) is 0 Å². The smallest absolute Gasteiger partial charge is 0.462 e. The molecular formula is C69H134O17P2. The topological polar surface area (TPSA) is 237 Å². The molecule has 17 nitrogen and oxygen atoms in total. The summed E-state index contributed by atoms with van der Waals surface area (Å²) in [6.45, 7) is 9.37. The van der Waals surface area contributed by atoms with Gasteiger partial charge in [0, 0.05) is 25.7 Å². The summed E-state index contributed by atoms with van der Waals surface area (Å²) in [4.78, 5) is 72.2. The van der Waals surface area contributed by atoms with Gasteiger partial charge in [0.2, 0.25) is 0 Å². The second kappa shape index (κ2) is 61.3. The van der Waals surface area contributed by atoms with Crippen LogP contribution < -0.4 is 0 Å². The number of aliphatic hydroxyl groups excluding tert-OH is 1. The number of ether oxygens (including phenoxy) is 4. The lowest BCUT2D eigenvalue weighted by Gasteiger charge is -2.21. The monoisotopic (exact) mass is 1300 g/mol. The summed E-state index contributed by atoms with van der Waals surface area (Å²) in [6, 6.07) is 0. The van der Waals surface area contributed by atoms with Crippen LogP contribution in [0.2, 0.25) is 0 Å². The van der Waals surface area contributed by atoms with Gasteiger partial charge in [0.25, 0.3) is 0 Å². The first-order valence-electron chi connectivity index (χ1n) is 36.0. The lowest BCUT2D eigenvalue weighted by molar-refractivity contribution is -0.161. The van der Waals surface area contributed by atoms with Crippen molar-refractivity contribution in [3.63, 3.8) is 0 Å². The Morgan fingerprint density at radius 2 is 0.523 bits per heavy atom. The van der Waals surface area contributed by atoms with Crippen LogP contribution in [0.5, 0.6) is 0 Å². The van der Waals surface area contributed by atoms with Crippen molar-refractivity contribution in [1.29, 1.82) is 0 Å². The first-order valence-corrected chi connectivity index (χ1v) is 39.0. The predicted octanol–water partition coefficient (Wildman–Crippen LogP) is 19.6. The predicted molar refractivity (Wildman–Crippen MR) is 354 cm³/mol. The fourth-order valence-corrected chi connectivity index (χ4v) is 12.0. The summed E-state index contributed by atoms with van der Waals surface area (Å²) in [5.41, 5.74) is 0. The highest BCUT2D eigenvalue weighted by atomic mass is 31.2. The summed E-state index contributed by atoms with van der Waals surface area (Å²) in [7, 11) is -9.89. The average Bonchev–Trinajstić information content (AvgIpc) is 3.52. The highest BCUT2D eigenvalue weighted by molar-refractivity contribution is 7.47. The number of hydrogen-bond donors (Lipinski definition) is 3. The van der Waals surface area contributed by atoms with Gasteiger partial charge in [0.1, 0.15) is 19.3 Å². The molecule has 0 bridgehead atoms. The molecule has 5 atom stereocenters. The summed E-state index contributed by atoms with van der Waals surface area (Å²) in [5.74, 6) is -0.735. The van der Waals surface area contributed by atoms with Crippen LogP contribution in [0, 0.1) is 11.8 Å². The summed E-state index contributed by atoms with van der Waals surface area (Å²) in [6.07, 6.45) is 46.4. The average molecular weight is 1300 g/mol. The molecule has 0 radical (unpaired) electrons. The molecule has 3 N–H and O–H groups in total. The zero-order chi connectivity index (χ0) is 65.0. The Kier molecular flexibility index (Phi) is 59.9. The zero-order valence-corrected chi connectivity index (χ0v) is 58.8. The van der Waals surface area contributed by atoms with Gasteiger partial charge < -0.3 is 33.8 Å². The lowest BCUT2D eigenvalue weighted by atomic mass is 10.0. The van der Waals surface area contributed by atoms with Gasteiger partial charge in [-0.15, -0.1) is 0 Å². The summed E-state index contributed by atoms with van der Waals surface area (Å²) < 4.78 is 68.0. The van der Waals surface area contributed by atoms with Crippen molar-refractivity contribution < 1.29 is 80.2 Å². The van der Waals surface area contributed by atoms with Gasteiger partial charge in [0.15, 0.2) is 12.2 Å². The molecule has 0 amide bonds. The van der Waals surface area contributed by atoms with E-state index in [1.54, 1.807) is 0 Å². The van der Waals surface area contributed by atoms with Crippen LogP contribution in [0.3, 0.4) is 0 Å². The third kappa shape index (κ3) is 62.8. The van der Waals surface area contributed by atoms with E-state index in [-0.39, 0.29) is 25.7 Å². The quantitative estimate of drug-likeness (QED) is 0.0222. The van der Waals surface area contributed by atoms with Gasteiger partial charge in [-0.1, -0.05) is 298 Å². The number of esters is 4. The van der Waals surface area contributed by atoms with Gasteiger partial charge in [-0.3, -0.25) is 37.3 Å². The van der Waals surface area contributed by atoms with Crippen molar-refractivity contribution in [1.82, 2.24) is 0 Å². The van der Waals surface area contributed by atoms with E-state index in [0.717, 1.165) is 109 Å². The van der Waals surface area contributed by atoms with Gasteiger partial charge in [-0.05, 0) is 37.5 Å². The van der Waals surface area contributed by atoms with E-state index < -0.39 is 97.5 Å². The number of hydrogen-bond acceptors (Lipinski definition) is 15. The molecule has 0 aromatic rings. The molecule has 0 aliphatic heterocycles. The fourth-order valence-electron chi connectivity index (χ4n) is 10.4. The number of carbonyl (C=O) groups is 4. The van der Waals surface area contributed by atoms with Gasteiger partial charge in [-0.2, -0.15) is 0 Å². The number of aliphatic hydroxyl groups is 1. The van der Waals surface area contributed by atoms with E-state index in [0.29, 0.717) is 37.5 Å². The van der Waals surface area contributed by atoms with Crippen LogP contribution >= 0.6 is 15.6 Å². The lowest BCUT2D eigenvalue weighted by Crippen LogP contribution is -2.30. The normalized spacial score (nSPS) is 14.2. The molecule has 0 aromatic heterocycles. The second-order valence-electron chi connectivity index (χ2n) is 25.9. The standard InChI is InChI=1S/C69H134O17P2/c1-7-9-11-13-15-16-17-18-19-20-21-22-23-24-25-26-27-28-34-41-47-53-68(73)85-65(58-80-67(72)52-46-40-35-29-32-37-43-49-61(3)4)60-84-88(77,78)82-56-63(70)55-81-87(75,76)83-59-64(57-79-66(71)51-45-39-31-14-12-10-8-2)86-69(74)54-48-42-36-30-33-38-44-50-62(5)6/h61-65,70H,7-60H2,1-6H3,(H,75,76)(H,77,78)/t63-,64+,65+/m0/s1. The third-order valence-electron chi connectivity index (χ3n) is 16.0. The molecule has 0 aromatic carbocycles. The van der Waals surface area contributed by atoms with E-state index in [2.05, 4.69) is 41.5 Å². The van der Waals surface area contributed by atoms with Crippen molar-refractivity contribution in [2.75, 3.05) is 39.6 Å². The molecule has 0 saturated carbocycles. The van der Waals surface area contributed by atoms with E-state index in [9.17, 15) is 43.2 Å². The molecule has 19 heteroatoms. The molecular weight excluding hydrogens is 1160 g/mol. The van der Waals surface area contributed by atoms with Crippen molar-refractivity contribution in [3.05, 3.63) is 0 Å². The Balaban J connectivity index is 5.11. The maximum Gasteiger partial charge on any atom is 0.472 e. The second-order valence-corrected chi connectivity index (χ2v) is 28.8. The Morgan fingerprint density at radius 1 is 0.307 bits per heavy atom. The fraction of sp³-hybridized carbons (Fsp3) is 0.942. The van der Waals surface area contributed by atoms with E-state index >= 15 is 0 Å². The minimum atomic E-state index is -4.95. The number of unbranched alkanes of at least 4 members (excludes halogenated alkanes) is 38. The molecule has 522 valence electrons. The number of phosphoric acid groups is 2. The SMILES string of the molecule is CCCCCCCCCCCCCCCCCCCCCCCC(=O)O[C@H](COC(=O)CCCCCCCCCC(C)C)COP(=O)(O)OC[C@@H](O)COP(=O)(O)OC[C@@H](COC(=O)CCCCCCCCC)OC(=O)CCCCCCCCCC(C)C. The molecule has 0 rings (SSSR count). The Labute approximate surface area is 537 Å². The highest BCUT2D eigenvalue weighted by Crippen LogP contribution is 2.45. The maximum atomic E-state index is 13.0. The molecule has 0 heterocycles. The summed E-state index contributed by atoms with van der Waals surface area (Å²) >= 11 is 0. The Morgan fingerprint density at radius 3 is 0.773 bits per heavy atom. The summed E-state index contributed by atoms with van der Waals surface area (Å²) in [5, 5.41) is 10.5. The van der Waals surface area contributed by atoms with Crippen molar-refractivity contribution >= 4 is 39.5 Å². The number of rotatable bonds is 68. The molecule has 2 unspecified atom stereocenters. The third-order valence-corrected chi connectivity index (χ3v) is 17.9. The van der Waals surface area contributed by atoms with E-state index in [4.69, 9.17) is 37.0 Å². The van der Waals surface area contributed by atoms with Crippen LogP contribution in [0.15, 0.2) is 0 Å². The Hall–Kier alpha value is -1.94. The molecule has 0 fully saturated rings. The molecule has 0 aliphatic carbocycles. The molecule has 0 saturated heterocycles. The van der Waals surface area contributed by atoms with E-state index in [1.807, 2.05) is 0 Å². The minimum Gasteiger partial charge on any atom is -0.462 e. The minimum absolute atomic E-state index is 0.103. The molecule has 0 spiro atoms. The zero-order valence-electron chi connectivity index (χ0n) is 57.0. The van der Waals surface area contributed by atoms with Crippen molar-refractivity contribution in [3.8, 4) is 0 Å².